The molecule has 0 aliphatic carbocycles. The summed E-state index contributed by atoms with van der Waals surface area (Å²) in [6.07, 6.45) is 7.82. The molecule has 0 unspecified atom stereocenters. The van der Waals surface area contributed by atoms with E-state index in [9.17, 15) is 4.79 Å². The lowest BCUT2D eigenvalue weighted by atomic mass is 10.1. The second-order valence-corrected chi connectivity index (χ2v) is 5.94. The lowest BCUT2D eigenvalue weighted by Crippen LogP contribution is -2.16. The van der Waals surface area contributed by atoms with E-state index in [1.807, 2.05) is 54.6 Å². The smallest absolute Gasteiger partial charge is 0.240 e. The van der Waals surface area contributed by atoms with Crippen LogP contribution in [0.25, 0.3) is 0 Å². The van der Waals surface area contributed by atoms with Crippen LogP contribution in [0.2, 0.25) is 0 Å². The van der Waals surface area contributed by atoms with Crippen LogP contribution in [-0.4, -0.2) is 12.1 Å². The molecule has 2 aromatic rings. The molecular formula is C21H26N2O2. The van der Waals surface area contributed by atoms with Gasteiger partial charge in [0.05, 0.1) is 6.21 Å². The third-order valence-electron chi connectivity index (χ3n) is 3.75. The van der Waals surface area contributed by atoms with Gasteiger partial charge in [-0.05, 0) is 36.2 Å². The molecule has 0 atom stereocenters. The van der Waals surface area contributed by atoms with Gasteiger partial charge in [-0.15, -0.1) is 0 Å². The minimum atomic E-state index is -0.0376. The van der Waals surface area contributed by atoms with E-state index in [1.165, 1.54) is 19.3 Å². The molecule has 2 rings (SSSR count). The number of carbonyl (C=O) groups is 1. The number of unbranched alkanes of at least 4 members (excludes halogenated alkanes) is 4. The number of nitrogens with zero attached hydrogens (tertiary/aromatic N) is 1. The van der Waals surface area contributed by atoms with Gasteiger partial charge in [0.1, 0.15) is 11.5 Å². The van der Waals surface area contributed by atoms with Gasteiger partial charge in [0.25, 0.3) is 0 Å². The summed E-state index contributed by atoms with van der Waals surface area (Å²) < 4.78 is 5.78. The molecule has 0 aliphatic heterocycles. The van der Waals surface area contributed by atoms with Crippen LogP contribution in [-0.2, 0) is 4.79 Å². The first-order valence-corrected chi connectivity index (χ1v) is 8.93. The van der Waals surface area contributed by atoms with Gasteiger partial charge in [-0.25, -0.2) is 5.43 Å². The molecule has 0 fully saturated rings. The topological polar surface area (TPSA) is 50.7 Å². The maximum Gasteiger partial charge on any atom is 0.240 e. The fraction of sp³-hybridized carbons (Fsp3) is 0.333. The Hall–Kier alpha value is -2.62. The number of hydrogen-bond acceptors (Lipinski definition) is 3. The van der Waals surface area contributed by atoms with Crippen LogP contribution in [0.1, 0.15) is 51.0 Å². The van der Waals surface area contributed by atoms with Gasteiger partial charge in [-0.2, -0.15) is 5.10 Å². The van der Waals surface area contributed by atoms with E-state index in [0.717, 1.165) is 29.9 Å². The summed E-state index contributed by atoms with van der Waals surface area (Å²) in [7, 11) is 0. The van der Waals surface area contributed by atoms with E-state index in [1.54, 1.807) is 6.21 Å². The van der Waals surface area contributed by atoms with Crippen molar-refractivity contribution in [3.8, 4) is 11.5 Å². The molecule has 0 spiro atoms. The van der Waals surface area contributed by atoms with E-state index in [2.05, 4.69) is 17.5 Å². The number of amides is 1. The average molecular weight is 338 g/mol. The van der Waals surface area contributed by atoms with Crippen LogP contribution in [0.4, 0.5) is 0 Å². The zero-order chi connectivity index (χ0) is 17.7. The Morgan fingerprint density at radius 2 is 1.76 bits per heavy atom. The van der Waals surface area contributed by atoms with Crippen LogP contribution in [0.3, 0.4) is 0 Å². The molecular weight excluding hydrogens is 312 g/mol. The molecule has 0 aliphatic rings. The van der Waals surface area contributed by atoms with Crippen LogP contribution in [0, 0.1) is 0 Å². The van der Waals surface area contributed by atoms with Crippen LogP contribution < -0.4 is 10.2 Å². The number of rotatable bonds is 10. The molecule has 4 nitrogen and oxygen atoms in total. The molecule has 1 amide bonds. The summed E-state index contributed by atoms with van der Waals surface area (Å²) in [4.78, 5) is 11.7. The minimum absolute atomic E-state index is 0.0376. The summed E-state index contributed by atoms with van der Waals surface area (Å²) in [6.45, 7) is 2.18. The highest BCUT2D eigenvalue weighted by molar-refractivity contribution is 5.82. The third kappa shape index (κ3) is 7.66. The van der Waals surface area contributed by atoms with Crippen LogP contribution in [0.15, 0.2) is 59.7 Å². The van der Waals surface area contributed by atoms with Crippen molar-refractivity contribution in [3.05, 3.63) is 60.2 Å². The van der Waals surface area contributed by atoms with Crippen molar-refractivity contribution < 1.29 is 9.53 Å². The molecule has 0 aromatic heterocycles. The summed E-state index contributed by atoms with van der Waals surface area (Å²) in [5.74, 6) is 1.48. The van der Waals surface area contributed by atoms with Gasteiger partial charge >= 0.3 is 0 Å². The molecule has 0 bridgehead atoms. The molecule has 25 heavy (non-hydrogen) atoms. The van der Waals surface area contributed by atoms with E-state index in [0.29, 0.717) is 6.42 Å². The molecule has 1 N–H and O–H groups in total. The van der Waals surface area contributed by atoms with Crippen molar-refractivity contribution in [3.63, 3.8) is 0 Å². The van der Waals surface area contributed by atoms with Gasteiger partial charge in [0.15, 0.2) is 0 Å². The molecule has 0 saturated carbocycles. The molecule has 4 heteroatoms. The van der Waals surface area contributed by atoms with Crippen molar-refractivity contribution in [2.75, 3.05) is 0 Å². The Balaban J connectivity index is 1.77. The first kappa shape index (κ1) is 18.7. The van der Waals surface area contributed by atoms with Gasteiger partial charge in [-0.1, -0.05) is 62.9 Å². The number of benzene rings is 2. The maximum absolute atomic E-state index is 11.7. The van der Waals surface area contributed by atoms with Gasteiger partial charge in [0, 0.05) is 6.42 Å². The van der Waals surface area contributed by atoms with Crippen molar-refractivity contribution >= 4 is 12.1 Å². The van der Waals surface area contributed by atoms with E-state index in [4.69, 9.17) is 4.74 Å². The average Bonchev–Trinajstić information content (AvgIpc) is 2.63. The van der Waals surface area contributed by atoms with Crippen LogP contribution >= 0.6 is 0 Å². The normalized spacial score (nSPS) is 10.8. The zero-order valence-corrected chi connectivity index (χ0v) is 14.8. The number of hydrazone groups is 1. The third-order valence-corrected chi connectivity index (χ3v) is 3.75. The predicted octanol–water partition coefficient (Wildman–Crippen LogP) is 5.29. The lowest BCUT2D eigenvalue weighted by Gasteiger charge is -2.05. The number of hydrogen-bond donors (Lipinski definition) is 1. The Labute approximate surface area is 149 Å². The fourth-order valence-corrected chi connectivity index (χ4v) is 2.41. The monoisotopic (exact) mass is 338 g/mol. The van der Waals surface area contributed by atoms with Crippen molar-refractivity contribution in [1.82, 2.24) is 5.43 Å². The Bertz CT molecular complexity index is 669. The van der Waals surface area contributed by atoms with Gasteiger partial charge in [-0.3, -0.25) is 4.79 Å². The van der Waals surface area contributed by atoms with Gasteiger partial charge < -0.3 is 4.74 Å². The second-order valence-electron chi connectivity index (χ2n) is 5.94. The number of carbonyl (C=O) groups excluding carboxylic acids is 1. The molecule has 132 valence electrons. The summed E-state index contributed by atoms with van der Waals surface area (Å²) in [6, 6.07) is 17.2. The highest BCUT2D eigenvalue weighted by Gasteiger charge is 2.00. The summed E-state index contributed by atoms with van der Waals surface area (Å²) in [5.41, 5.74) is 3.45. The highest BCUT2D eigenvalue weighted by atomic mass is 16.5. The molecule has 0 radical (unpaired) electrons. The van der Waals surface area contributed by atoms with Crippen molar-refractivity contribution in [1.29, 1.82) is 0 Å². The van der Waals surface area contributed by atoms with E-state index in [-0.39, 0.29) is 5.91 Å². The maximum atomic E-state index is 11.7. The molecule has 0 saturated heterocycles. The largest absolute Gasteiger partial charge is 0.457 e. The SMILES string of the molecule is CCCCCCCC(=O)N/N=C\c1cccc(Oc2ccccc2)c1. The number of ether oxygens (including phenoxy) is 1. The summed E-state index contributed by atoms with van der Waals surface area (Å²) in [5, 5.41) is 4.02. The van der Waals surface area contributed by atoms with E-state index >= 15 is 0 Å². The quantitative estimate of drug-likeness (QED) is 0.363. The second kappa shape index (κ2) is 11.0. The lowest BCUT2D eigenvalue weighted by molar-refractivity contribution is -0.121. The summed E-state index contributed by atoms with van der Waals surface area (Å²) >= 11 is 0. The Kier molecular flexibility index (Phi) is 8.25. The Morgan fingerprint density at radius 3 is 2.56 bits per heavy atom. The number of para-hydroxylation sites is 1. The van der Waals surface area contributed by atoms with Gasteiger partial charge in [0.2, 0.25) is 5.91 Å². The highest BCUT2D eigenvalue weighted by Crippen LogP contribution is 2.21. The fourth-order valence-electron chi connectivity index (χ4n) is 2.41. The molecule has 0 heterocycles. The molecule has 2 aromatic carbocycles. The van der Waals surface area contributed by atoms with Crippen LogP contribution in [0.5, 0.6) is 11.5 Å². The number of nitrogens with one attached hydrogen (secondary N) is 1. The zero-order valence-electron chi connectivity index (χ0n) is 14.8. The first-order valence-electron chi connectivity index (χ1n) is 8.93. The van der Waals surface area contributed by atoms with Crippen molar-refractivity contribution in [2.45, 2.75) is 45.4 Å². The van der Waals surface area contributed by atoms with Crippen molar-refractivity contribution in [2.24, 2.45) is 5.10 Å². The standard InChI is InChI=1S/C21H26N2O2/c1-2-3-4-5-9-15-21(24)23-22-17-18-11-10-14-20(16-18)25-19-12-7-6-8-13-19/h6-8,10-14,16-17H,2-5,9,15H2,1H3,(H,23,24)/b22-17-. The first-order chi connectivity index (χ1) is 12.3. The Morgan fingerprint density at radius 1 is 1.00 bits per heavy atom. The predicted molar refractivity (Wildman–Crippen MR) is 102 cm³/mol. The minimum Gasteiger partial charge on any atom is -0.457 e. The van der Waals surface area contributed by atoms with E-state index < -0.39 is 0 Å².